The van der Waals surface area contributed by atoms with Crippen molar-refractivity contribution in [1.82, 2.24) is 14.9 Å². The topological polar surface area (TPSA) is 58.6 Å². The summed E-state index contributed by atoms with van der Waals surface area (Å²) in [5, 5.41) is 0. The van der Waals surface area contributed by atoms with Crippen molar-refractivity contribution in [1.29, 1.82) is 0 Å². The average Bonchev–Trinajstić information content (AvgIpc) is 2.62. The molecule has 0 aliphatic carbocycles. The molecule has 1 aliphatic heterocycles. The highest BCUT2D eigenvalue weighted by Gasteiger charge is 2.23. The molecule has 1 fully saturated rings. The molecule has 0 saturated carbocycles. The standard InChI is InChI=1S/C16H17FN4O2/c1-23-16-18-10-12(11-19-16)15(22)21-8-6-20(7-9-21)14-5-3-2-4-13(14)17/h2-5,10-11H,6-9H2,1H3. The van der Waals surface area contributed by atoms with Crippen molar-refractivity contribution in [3.63, 3.8) is 0 Å². The summed E-state index contributed by atoms with van der Waals surface area (Å²) in [5.74, 6) is -0.364. The second kappa shape index (κ2) is 6.60. The molecule has 1 aliphatic rings. The summed E-state index contributed by atoms with van der Waals surface area (Å²) in [6.07, 6.45) is 2.91. The molecule has 0 spiro atoms. The van der Waals surface area contributed by atoms with Crippen molar-refractivity contribution in [2.24, 2.45) is 0 Å². The maximum Gasteiger partial charge on any atom is 0.316 e. The van der Waals surface area contributed by atoms with E-state index < -0.39 is 0 Å². The molecule has 120 valence electrons. The number of halogens is 1. The Morgan fingerprint density at radius 3 is 2.39 bits per heavy atom. The number of rotatable bonds is 3. The lowest BCUT2D eigenvalue weighted by Gasteiger charge is -2.36. The number of nitrogens with zero attached hydrogens (tertiary/aromatic N) is 4. The van der Waals surface area contributed by atoms with Crippen LogP contribution in [0.15, 0.2) is 36.7 Å². The smallest absolute Gasteiger partial charge is 0.316 e. The van der Waals surface area contributed by atoms with Crippen molar-refractivity contribution >= 4 is 11.6 Å². The molecule has 0 unspecified atom stereocenters. The van der Waals surface area contributed by atoms with Crippen molar-refractivity contribution in [2.75, 3.05) is 38.2 Å². The van der Waals surface area contributed by atoms with Gasteiger partial charge in [0.25, 0.3) is 5.91 Å². The van der Waals surface area contributed by atoms with Crippen molar-refractivity contribution in [3.8, 4) is 6.01 Å². The zero-order valence-corrected chi connectivity index (χ0v) is 12.8. The molecule has 23 heavy (non-hydrogen) atoms. The van der Waals surface area contributed by atoms with Crippen LogP contribution in [0.4, 0.5) is 10.1 Å². The second-order valence-electron chi connectivity index (χ2n) is 5.19. The maximum atomic E-state index is 13.8. The Kier molecular flexibility index (Phi) is 4.36. The van der Waals surface area contributed by atoms with E-state index in [0.29, 0.717) is 37.4 Å². The van der Waals surface area contributed by atoms with E-state index in [9.17, 15) is 9.18 Å². The zero-order chi connectivity index (χ0) is 16.2. The third-order valence-corrected chi connectivity index (χ3v) is 3.82. The number of hydrogen-bond donors (Lipinski definition) is 0. The molecule has 1 aromatic heterocycles. The summed E-state index contributed by atoms with van der Waals surface area (Å²) < 4.78 is 18.7. The van der Waals surface area contributed by atoms with Gasteiger partial charge in [-0.3, -0.25) is 4.79 Å². The molecule has 1 saturated heterocycles. The molecular formula is C16H17FN4O2. The normalized spacial score (nSPS) is 14.7. The minimum Gasteiger partial charge on any atom is -0.467 e. The van der Waals surface area contributed by atoms with Gasteiger partial charge in [0.15, 0.2) is 0 Å². The van der Waals surface area contributed by atoms with Gasteiger partial charge in [0.2, 0.25) is 0 Å². The van der Waals surface area contributed by atoms with E-state index in [2.05, 4.69) is 9.97 Å². The molecule has 2 heterocycles. The van der Waals surface area contributed by atoms with Gasteiger partial charge in [-0.25, -0.2) is 14.4 Å². The van der Waals surface area contributed by atoms with Gasteiger partial charge in [0.1, 0.15) is 5.82 Å². The number of anilines is 1. The van der Waals surface area contributed by atoms with E-state index in [-0.39, 0.29) is 17.7 Å². The van der Waals surface area contributed by atoms with Gasteiger partial charge in [-0.15, -0.1) is 0 Å². The number of amides is 1. The van der Waals surface area contributed by atoms with Gasteiger partial charge >= 0.3 is 6.01 Å². The van der Waals surface area contributed by atoms with Crippen LogP contribution in [0.1, 0.15) is 10.4 Å². The molecule has 7 heteroatoms. The number of piperazine rings is 1. The Morgan fingerprint density at radius 1 is 1.13 bits per heavy atom. The monoisotopic (exact) mass is 316 g/mol. The highest BCUT2D eigenvalue weighted by molar-refractivity contribution is 5.93. The molecule has 1 aromatic carbocycles. The lowest BCUT2D eigenvalue weighted by molar-refractivity contribution is 0.0745. The Morgan fingerprint density at radius 2 is 1.78 bits per heavy atom. The number of ether oxygens (including phenoxy) is 1. The van der Waals surface area contributed by atoms with Crippen LogP contribution in [0.25, 0.3) is 0 Å². The van der Waals surface area contributed by atoms with Crippen LogP contribution < -0.4 is 9.64 Å². The number of methoxy groups -OCH3 is 1. The zero-order valence-electron chi connectivity index (χ0n) is 12.8. The second-order valence-corrected chi connectivity index (χ2v) is 5.19. The first-order valence-corrected chi connectivity index (χ1v) is 7.34. The molecule has 6 nitrogen and oxygen atoms in total. The maximum absolute atomic E-state index is 13.8. The van der Waals surface area contributed by atoms with Crippen LogP contribution in [-0.2, 0) is 0 Å². The van der Waals surface area contributed by atoms with Gasteiger partial charge in [-0.05, 0) is 12.1 Å². The van der Waals surface area contributed by atoms with E-state index in [0.717, 1.165) is 0 Å². The average molecular weight is 316 g/mol. The van der Waals surface area contributed by atoms with Crippen molar-refractivity contribution in [3.05, 3.63) is 48.0 Å². The Hall–Kier alpha value is -2.70. The number of hydrogen-bond acceptors (Lipinski definition) is 5. The number of benzene rings is 1. The third kappa shape index (κ3) is 3.23. The van der Waals surface area contributed by atoms with Crippen LogP contribution >= 0.6 is 0 Å². The van der Waals surface area contributed by atoms with Crippen LogP contribution in [0.2, 0.25) is 0 Å². The van der Waals surface area contributed by atoms with E-state index in [1.54, 1.807) is 17.0 Å². The first-order chi connectivity index (χ1) is 11.2. The van der Waals surface area contributed by atoms with Gasteiger partial charge in [0, 0.05) is 38.6 Å². The summed E-state index contributed by atoms with van der Waals surface area (Å²) in [4.78, 5) is 24.0. The lowest BCUT2D eigenvalue weighted by Crippen LogP contribution is -2.49. The van der Waals surface area contributed by atoms with E-state index >= 15 is 0 Å². The van der Waals surface area contributed by atoms with Crippen LogP contribution in [0.3, 0.4) is 0 Å². The third-order valence-electron chi connectivity index (χ3n) is 3.82. The predicted octanol–water partition coefficient (Wildman–Crippen LogP) is 1.59. The number of aromatic nitrogens is 2. The molecule has 0 N–H and O–H groups in total. The predicted molar refractivity (Wildman–Crippen MR) is 83.1 cm³/mol. The first kappa shape index (κ1) is 15.2. The summed E-state index contributed by atoms with van der Waals surface area (Å²) in [6, 6.07) is 6.91. The molecule has 3 rings (SSSR count). The number of carbonyl (C=O) groups excluding carboxylic acids is 1. The highest BCUT2D eigenvalue weighted by atomic mass is 19.1. The molecule has 0 radical (unpaired) electrons. The van der Waals surface area contributed by atoms with E-state index in [1.807, 2.05) is 11.0 Å². The van der Waals surface area contributed by atoms with Crippen LogP contribution in [0.5, 0.6) is 6.01 Å². The molecule has 0 atom stereocenters. The minimum atomic E-state index is -0.240. The molecule has 0 bridgehead atoms. The molecule has 2 aromatic rings. The minimum absolute atomic E-state index is 0.124. The van der Waals surface area contributed by atoms with Gasteiger partial charge in [-0.1, -0.05) is 12.1 Å². The number of para-hydroxylation sites is 1. The molecule has 1 amide bonds. The van der Waals surface area contributed by atoms with Crippen LogP contribution in [-0.4, -0.2) is 54.1 Å². The van der Waals surface area contributed by atoms with Crippen molar-refractivity contribution in [2.45, 2.75) is 0 Å². The summed E-state index contributed by atoms with van der Waals surface area (Å²) >= 11 is 0. The van der Waals surface area contributed by atoms with E-state index in [4.69, 9.17) is 4.74 Å². The Balaban J connectivity index is 1.64. The Labute approximate surface area is 133 Å². The SMILES string of the molecule is COc1ncc(C(=O)N2CCN(c3ccccc3F)CC2)cn1. The molecular weight excluding hydrogens is 299 g/mol. The fourth-order valence-corrected chi connectivity index (χ4v) is 2.57. The first-order valence-electron chi connectivity index (χ1n) is 7.34. The van der Waals surface area contributed by atoms with Gasteiger partial charge in [-0.2, -0.15) is 0 Å². The summed E-state index contributed by atoms with van der Waals surface area (Å²) in [6.45, 7) is 2.23. The van der Waals surface area contributed by atoms with Crippen LogP contribution in [0, 0.1) is 5.82 Å². The fraction of sp³-hybridized carbons (Fsp3) is 0.312. The van der Waals surface area contributed by atoms with Crippen molar-refractivity contribution < 1.29 is 13.9 Å². The van der Waals surface area contributed by atoms with Gasteiger partial charge in [0.05, 0.1) is 18.4 Å². The highest BCUT2D eigenvalue weighted by Crippen LogP contribution is 2.20. The van der Waals surface area contributed by atoms with Gasteiger partial charge < -0.3 is 14.5 Å². The fourth-order valence-electron chi connectivity index (χ4n) is 2.57. The lowest BCUT2D eigenvalue weighted by atomic mass is 10.2. The summed E-state index contributed by atoms with van der Waals surface area (Å²) in [5.41, 5.74) is 0.998. The quantitative estimate of drug-likeness (QED) is 0.860. The number of carbonyl (C=O) groups is 1. The Bertz CT molecular complexity index is 685. The summed E-state index contributed by atoms with van der Waals surface area (Å²) in [7, 11) is 1.47. The van der Waals surface area contributed by atoms with E-state index in [1.165, 1.54) is 25.6 Å². The largest absolute Gasteiger partial charge is 0.467 e.